The van der Waals surface area contributed by atoms with Gasteiger partial charge in [-0.25, -0.2) is 15.0 Å². The van der Waals surface area contributed by atoms with Crippen LogP contribution in [-0.4, -0.2) is 33.9 Å². The van der Waals surface area contributed by atoms with Crippen LogP contribution < -0.4 is 10.6 Å². The highest BCUT2D eigenvalue weighted by molar-refractivity contribution is 7.20. The number of halogens is 4. The summed E-state index contributed by atoms with van der Waals surface area (Å²) in [6.45, 7) is 6.00. The fourth-order valence-corrected chi connectivity index (χ4v) is 4.28. The van der Waals surface area contributed by atoms with Gasteiger partial charge in [0, 0.05) is 30.4 Å². The van der Waals surface area contributed by atoms with Crippen molar-refractivity contribution < 1.29 is 18.0 Å². The maximum absolute atomic E-state index is 12.6. The summed E-state index contributed by atoms with van der Waals surface area (Å²) in [5, 5.41) is 6.32. The molecule has 0 saturated heterocycles. The van der Waals surface area contributed by atoms with Crippen LogP contribution in [0.25, 0.3) is 10.2 Å². The molecule has 1 amide bonds. The first-order valence-electron chi connectivity index (χ1n) is 8.57. The number of aryl methyl sites for hydroxylation is 3. The van der Waals surface area contributed by atoms with Gasteiger partial charge in [0.1, 0.15) is 16.5 Å². The number of nitrogens with one attached hydrogen (secondary N) is 2. The number of rotatable bonds is 5. The molecular formula is C18H17ClF3N5OS. The quantitative estimate of drug-likeness (QED) is 0.566. The molecule has 0 radical (unpaired) electrons. The van der Waals surface area contributed by atoms with E-state index in [2.05, 4.69) is 25.6 Å². The zero-order valence-electron chi connectivity index (χ0n) is 15.7. The molecule has 154 valence electrons. The molecule has 0 unspecified atom stereocenters. The molecule has 0 saturated carbocycles. The van der Waals surface area contributed by atoms with Crippen molar-refractivity contribution in [1.29, 1.82) is 0 Å². The lowest BCUT2D eigenvalue weighted by atomic mass is 10.1. The van der Waals surface area contributed by atoms with Crippen LogP contribution in [0.4, 0.5) is 19.0 Å². The van der Waals surface area contributed by atoms with E-state index in [4.69, 9.17) is 11.6 Å². The number of pyridine rings is 1. The number of hydrogen-bond donors (Lipinski definition) is 2. The van der Waals surface area contributed by atoms with Crippen LogP contribution in [0.3, 0.4) is 0 Å². The Labute approximate surface area is 173 Å². The second kappa shape index (κ2) is 8.11. The Hall–Kier alpha value is -2.46. The summed E-state index contributed by atoms with van der Waals surface area (Å²) in [5.74, 6) is 0.512. The van der Waals surface area contributed by atoms with Crippen LogP contribution in [0.1, 0.15) is 32.3 Å². The highest BCUT2D eigenvalue weighted by Gasteiger charge is 2.31. The Morgan fingerprint density at radius 2 is 1.93 bits per heavy atom. The lowest BCUT2D eigenvalue weighted by molar-refractivity contribution is -0.137. The smallest absolute Gasteiger partial charge is 0.367 e. The minimum absolute atomic E-state index is 0.119. The monoisotopic (exact) mass is 443 g/mol. The van der Waals surface area contributed by atoms with E-state index in [0.717, 1.165) is 27.5 Å². The summed E-state index contributed by atoms with van der Waals surface area (Å²) in [4.78, 5) is 26.2. The van der Waals surface area contributed by atoms with Gasteiger partial charge in [-0.3, -0.25) is 4.79 Å². The molecule has 0 aliphatic carbocycles. The molecule has 6 nitrogen and oxygen atoms in total. The highest BCUT2D eigenvalue weighted by Crippen LogP contribution is 2.32. The van der Waals surface area contributed by atoms with Crippen molar-refractivity contribution in [3.8, 4) is 0 Å². The molecule has 3 aromatic rings. The van der Waals surface area contributed by atoms with E-state index in [1.165, 1.54) is 11.3 Å². The minimum Gasteiger partial charge on any atom is -0.367 e. The first-order valence-corrected chi connectivity index (χ1v) is 9.76. The first-order chi connectivity index (χ1) is 13.6. The van der Waals surface area contributed by atoms with E-state index < -0.39 is 11.7 Å². The van der Waals surface area contributed by atoms with E-state index in [1.807, 2.05) is 13.8 Å². The molecule has 0 spiro atoms. The number of fused-ring (bicyclic) bond motifs is 1. The minimum atomic E-state index is -4.51. The second-order valence-corrected chi connectivity index (χ2v) is 7.73. The largest absolute Gasteiger partial charge is 0.417 e. The van der Waals surface area contributed by atoms with Crippen molar-refractivity contribution in [2.24, 2.45) is 0 Å². The van der Waals surface area contributed by atoms with Crippen molar-refractivity contribution in [3.63, 3.8) is 0 Å². The third kappa shape index (κ3) is 4.59. The maximum Gasteiger partial charge on any atom is 0.417 e. The number of nitrogens with zero attached hydrogens (tertiary/aromatic N) is 3. The summed E-state index contributed by atoms with van der Waals surface area (Å²) < 4.78 is 37.9. The zero-order valence-corrected chi connectivity index (χ0v) is 17.3. The second-order valence-electron chi connectivity index (χ2n) is 6.33. The third-order valence-corrected chi connectivity index (χ3v) is 5.63. The average molecular weight is 444 g/mol. The molecule has 2 N–H and O–H groups in total. The van der Waals surface area contributed by atoms with Gasteiger partial charge >= 0.3 is 6.18 Å². The number of hydrogen-bond acceptors (Lipinski definition) is 6. The van der Waals surface area contributed by atoms with E-state index in [-0.39, 0.29) is 29.8 Å². The van der Waals surface area contributed by atoms with Gasteiger partial charge in [-0.05, 0) is 32.4 Å². The number of amides is 1. The fraction of sp³-hybridized carbons (Fsp3) is 0.333. The fourth-order valence-electron chi connectivity index (χ4n) is 2.85. The van der Waals surface area contributed by atoms with Crippen molar-refractivity contribution >= 4 is 44.9 Å². The van der Waals surface area contributed by atoms with Gasteiger partial charge in [0.15, 0.2) is 0 Å². The van der Waals surface area contributed by atoms with Crippen LogP contribution in [0, 0.1) is 20.8 Å². The van der Waals surface area contributed by atoms with Gasteiger partial charge in [-0.2, -0.15) is 13.2 Å². The molecule has 0 aromatic carbocycles. The first kappa shape index (κ1) is 21.3. The number of anilines is 1. The van der Waals surface area contributed by atoms with Crippen LogP contribution >= 0.6 is 22.9 Å². The van der Waals surface area contributed by atoms with Crippen molar-refractivity contribution in [3.05, 3.63) is 44.8 Å². The molecule has 3 heterocycles. The molecule has 0 aliphatic heterocycles. The molecule has 0 aliphatic rings. The number of thiophene rings is 1. The van der Waals surface area contributed by atoms with Crippen LogP contribution in [0.5, 0.6) is 0 Å². The van der Waals surface area contributed by atoms with Gasteiger partial charge in [0.25, 0.3) is 5.91 Å². The third-order valence-electron chi connectivity index (χ3n) is 4.16. The molecule has 3 aromatic heterocycles. The van der Waals surface area contributed by atoms with E-state index in [0.29, 0.717) is 16.9 Å². The van der Waals surface area contributed by atoms with Crippen molar-refractivity contribution in [2.45, 2.75) is 26.9 Å². The molecule has 3 rings (SSSR count). The lowest BCUT2D eigenvalue weighted by Crippen LogP contribution is -2.28. The summed E-state index contributed by atoms with van der Waals surface area (Å²) in [6, 6.07) is 0.807. The van der Waals surface area contributed by atoms with Gasteiger partial charge in [0.2, 0.25) is 0 Å². The normalized spacial score (nSPS) is 11.7. The average Bonchev–Trinajstić information content (AvgIpc) is 2.95. The van der Waals surface area contributed by atoms with E-state index in [1.54, 1.807) is 6.92 Å². The number of carbonyl (C=O) groups excluding carboxylic acids is 1. The standard InChI is InChI=1S/C18H17ClF3N5OS/c1-8-13-9(2)26-10(3)27-17(13)29-14(8)16(28)24-5-4-23-15-12(19)6-11(7-25-15)18(20,21)22/h6-7H,4-5H2,1-3H3,(H,23,25)(H,24,28). The highest BCUT2D eigenvalue weighted by atomic mass is 35.5. The Balaban J connectivity index is 1.62. The zero-order chi connectivity index (χ0) is 21.3. The topological polar surface area (TPSA) is 79.8 Å². The van der Waals surface area contributed by atoms with Crippen LogP contribution in [-0.2, 0) is 6.18 Å². The van der Waals surface area contributed by atoms with Gasteiger partial charge in [0.05, 0.1) is 15.5 Å². The summed E-state index contributed by atoms with van der Waals surface area (Å²) >= 11 is 7.14. The van der Waals surface area contributed by atoms with E-state index >= 15 is 0 Å². The summed E-state index contributed by atoms with van der Waals surface area (Å²) in [5.41, 5.74) is 0.723. The SMILES string of the molecule is Cc1nc(C)c2c(C)c(C(=O)NCCNc3ncc(C(F)(F)F)cc3Cl)sc2n1. The molecule has 0 fully saturated rings. The Morgan fingerprint density at radius 3 is 2.59 bits per heavy atom. The molecule has 11 heteroatoms. The Kier molecular flexibility index (Phi) is 5.95. The predicted octanol–water partition coefficient (Wildman–Crippen LogP) is 4.53. The Bertz CT molecular complexity index is 1080. The molecular weight excluding hydrogens is 427 g/mol. The van der Waals surface area contributed by atoms with Crippen molar-refractivity contribution in [2.75, 3.05) is 18.4 Å². The lowest BCUT2D eigenvalue weighted by Gasteiger charge is -2.11. The maximum atomic E-state index is 12.6. The summed E-state index contributed by atoms with van der Waals surface area (Å²) in [7, 11) is 0. The molecule has 29 heavy (non-hydrogen) atoms. The number of carbonyl (C=O) groups is 1. The number of aromatic nitrogens is 3. The van der Waals surface area contributed by atoms with E-state index in [9.17, 15) is 18.0 Å². The molecule has 0 bridgehead atoms. The summed E-state index contributed by atoms with van der Waals surface area (Å²) in [6.07, 6.45) is -3.80. The number of alkyl halides is 3. The Morgan fingerprint density at radius 1 is 1.21 bits per heavy atom. The van der Waals surface area contributed by atoms with Crippen LogP contribution in [0.2, 0.25) is 5.02 Å². The van der Waals surface area contributed by atoms with Gasteiger partial charge in [-0.1, -0.05) is 11.6 Å². The van der Waals surface area contributed by atoms with Crippen molar-refractivity contribution in [1.82, 2.24) is 20.3 Å². The van der Waals surface area contributed by atoms with Gasteiger partial charge < -0.3 is 10.6 Å². The van der Waals surface area contributed by atoms with Gasteiger partial charge in [-0.15, -0.1) is 11.3 Å². The molecule has 0 atom stereocenters. The predicted molar refractivity (Wildman–Crippen MR) is 107 cm³/mol. The van der Waals surface area contributed by atoms with Crippen LogP contribution in [0.15, 0.2) is 12.3 Å².